The summed E-state index contributed by atoms with van der Waals surface area (Å²) in [6.07, 6.45) is 5.23. The van der Waals surface area contributed by atoms with E-state index in [-0.39, 0.29) is 24.6 Å². The van der Waals surface area contributed by atoms with Crippen LogP contribution in [0.1, 0.15) is 24.8 Å². The second-order valence-corrected chi connectivity index (χ2v) is 4.69. The summed E-state index contributed by atoms with van der Waals surface area (Å²) >= 11 is 0. The maximum absolute atomic E-state index is 11.9. The van der Waals surface area contributed by atoms with Gasteiger partial charge in [-0.25, -0.2) is 4.79 Å². The third-order valence-corrected chi connectivity index (χ3v) is 3.22. The molecule has 0 radical (unpaired) electrons. The second-order valence-electron chi connectivity index (χ2n) is 4.69. The summed E-state index contributed by atoms with van der Waals surface area (Å²) in [4.78, 5) is 11.9. The van der Waals surface area contributed by atoms with E-state index >= 15 is 0 Å². The third kappa shape index (κ3) is 3.14. The van der Waals surface area contributed by atoms with Crippen LogP contribution in [-0.2, 0) is 6.42 Å². The van der Waals surface area contributed by atoms with Gasteiger partial charge in [-0.15, -0.1) is 0 Å². The standard InChI is InChI=1S/C13H19N3O3/c1-3-11-12(8(2)16-19-11)15-13(18)14-10-5-4-9(6-10)7-17/h4-5,9-10,17H,3,6-7H2,1-2H3,(H2,14,15,18)/t9-,10+/m0/s1. The second kappa shape index (κ2) is 5.88. The summed E-state index contributed by atoms with van der Waals surface area (Å²) in [7, 11) is 0. The van der Waals surface area contributed by atoms with Crippen molar-refractivity contribution < 1.29 is 14.4 Å². The van der Waals surface area contributed by atoms with Crippen LogP contribution in [0.2, 0.25) is 0 Å². The van der Waals surface area contributed by atoms with Gasteiger partial charge in [0, 0.05) is 25.0 Å². The first-order valence-electron chi connectivity index (χ1n) is 6.45. The van der Waals surface area contributed by atoms with Crippen molar-refractivity contribution in [3.05, 3.63) is 23.6 Å². The first-order valence-corrected chi connectivity index (χ1v) is 6.45. The van der Waals surface area contributed by atoms with Gasteiger partial charge in [0.1, 0.15) is 11.4 Å². The minimum atomic E-state index is -0.283. The molecule has 0 saturated heterocycles. The van der Waals surface area contributed by atoms with E-state index in [1.54, 1.807) is 6.92 Å². The Kier molecular flexibility index (Phi) is 4.21. The predicted octanol–water partition coefficient (Wildman–Crippen LogP) is 1.60. The van der Waals surface area contributed by atoms with Crippen LogP contribution < -0.4 is 10.6 Å². The van der Waals surface area contributed by atoms with E-state index in [0.717, 1.165) is 6.42 Å². The van der Waals surface area contributed by atoms with Gasteiger partial charge < -0.3 is 20.3 Å². The number of hydrogen-bond acceptors (Lipinski definition) is 4. The topological polar surface area (TPSA) is 87.4 Å². The summed E-state index contributed by atoms with van der Waals surface area (Å²) in [5.41, 5.74) is 1.31. The van der Waals surface area contributed by atoms with E-state index < -0.39 is 0 Å². The smallest absolute Gasteiger partial charge is 0.319 e. The molecule has 0 spiro atoms. The van der Waals surface area contributed by atoms with E-state index in [4.69, 9.17) is 9.63 Å². The van der Waals surface area contributed by atoms with E-state index in [0.29, 0.717) is 23.6 Å². The number of urea groups is 1. The highest BCUT2D eigenvalue weighted by Gasteiger charge is 2.21. The van der Waals surface area contributed by atoms with Gasteiger partial charge >= 0.3 is 6.03 Å². The van der Waals surface area contributed by atoms with E-state index in [9.17, 15) is 4.79 Å². The maximum atomic E-state index is 11.9. The molecule has 104 valence electrons. The number of amides is 2. The lowest BCUT2D eigenvalue weighted by Gasteiger charge is -2.13. The lowest BCUT2D eigenvalue weighted by atomic mass is 10.1. The number of rotatable bonds is 4. The summed E-state index contributed by atoms with van der Waals surface area (Å²) in [5, 5.41) is 18.5. The number of carbonyl (C=O) groups is 1. The van der Waals surface area contributed by atoms with Crippen molar-refractivity contribution in [3.63, 3.8) is 0 Å². The van der Waals surface area contributed by atoms with E-state index in [1.807, 2.05) is 19.1 Å². The molecule has 0 bridgehead atoms. The minimum Gasteiger partial charge on any atom is -0.396 e. The molecule has 0 aliphatic heterocycles. The van der Waals surface area contributed by atoms with Gasteiger partial charge in [-0.3, -0.25) is 0 Å². The molecule has 1 aromatic rings. The van der Waals surface area contributed by atoms with E-state index in [2.05, 4.69) is 15.8 Å². The number of aliphatic hydroxyl groups excluding tert-OH is 1. The molecule has 0 saturated carbocycles. The highest BCUT2D eigenvalue weighted by Crippen LogP contribution is 2.21. The monoisotopic (exact) mass is 265 g/mol. The Labute approximate surface area is 111 Å². The highest BCUT2D eigenvalue weighted by atomic mass is 16.5. The van der Waals surface area contributed by atoms with Crippen molar-refractivity contribution in [2.24, 2.45) is 5.92 Å². The molecule has 6 heteroatoms. The first kappa shape index (κ1) is 13.6. The number of aryl methyl sites for hydroxylation is 2. The fraction of sp³-hybridized carbons (Fsp3) is 0.538. The summed E-state index contributed by atoms with van der Waals surface area (Å²) in [6, 6.07) is -0.323. The Morgan fingerprint density at radius 2 is 2.37 bits per heavy atom. The molecule has 2 atom stereocenters. The molecule has 2 rings (SSSR count). The number of hydrogen-bond donors (Lipinski definition) is 3. The van der Waals surface area contributed by atoms with Crippen LogP contribution in [0, 0.1) is 12.8 Å². The molecule has 1 aliphatic carbocycles. The number of anilines is 1. The van der Waals surface area contributed by atoms with Crippen molar-refractivity contribution in [2.45, 2.75) is 32.7 Å². The lowest BCUT2D eigenvalue weighted by molar-refractivity contribution is 0.238. The molecule has 2 amide bonds. The predicted molar refractivity (Wildman–Crippen MR) is 70.9 cm³/mol. The van der Waals surface area contributed by atoms with Gasteiger partial charge in [0.15, 0.2) is 5.76 Å². The summed E-state index contributed by atoms with van der Waals surface area (Å²) in [6.45, 7) is 3.84. The highest BCUT2D eigenvalue weighted by molar-refractivity contribution is 5.90. The number of aliphatic hydroxyl groups is 1. The fourth-order valence-electron chi connectivity index (χ4n) is 2.15. The first-order chi connectivity index (χ1) is 9.13. The molecule has 19 heavy (non-hydrogen) atoms. The van der Waals surface area contributed by atoms with Crippen LogP contribution in [-0.4, -0.2) is 28.9 Å². The van der Waals surface area contributed by atoms with Gasteiger partial charge in [0.2, 0.25) is 0 Å². The van der Waals surface area contributed by atoms with E-state index in [1.165, 1.54) is 0 Å². The Morgan fingerprint density at radius 1 is 1.58 bits per heavy atom. The number of nitrogens with one attached hydrogen (secondary N) is 2. The number of nitrogens with zero attached hydrogens (tertiary/aromatic N) is 1. The molecule has 6 nitrogen and oxygen atoms in total. The average Bonchev–Trinajstić information content (AvgIpc) is 2.97. The van der Waals surface area contributed by atoms with Crippen molar-refractivity contribution in [1.29, 1.82) is 0 Å². The molecule has 1 heterocycles. The Morgan fingerprint density at radius 3 is 3.00 bits per heavy atom. The van der Waals surface area contributed by atoms with Crippen LogP contribution >= 0.6 is 0 Å². The lowest BCUT2D eigenvalue weighted by Crippen LogP contribution is -2.36. The largest absolute Gasteiger partial charge is 0.396 e. The van der Waals surface area contributed by atoms with Crippen LogP contribution in [0.25, 0.3) is 0 Å². The fourth-order valence-corrected chi connectivity index (χ4v) is 2.15. The Bertz CT molecular complexity index is 481. The van der Waals surface area contributed by atoms with Crippen molar-refractivity contribution in [1.82, 2.24) is 10.5 Å². The number of aromatic nitrogens is 1. The molecular formula is C13H19N3O3. The molecule has 0 aromatic carbocycles. The van der Waals surface area contributed by atoms with Gasteiger partial charge in [-0.2, -0.15) is 0 Å². The molecule has 0 unspecified atom stereocenters. The maximum Gasteiger partial charge on any atom is 0.319 e. The third-order valence-electron chi connectivity index (χ3n) is 3.22. The zero-order valence-corrected chi connectivity index (χ0v) is 11.1. The summed E-state index contributed by atoms with van der Waals surface area (Å²) < 4.78 is 5.11. The average molecular weight is 265 g/mol. The van der Waals surface area contributed by atoms with Gasteiger partial charge in [-0.05, 0) is 13.3 Å². The number of carbonyl (C=O) groups excluding carboxylic acids is 1. The normalized spacial score (nSPS) is 21.6. The van der Waals surface area contributed by atoms with Crippen molar-refractivity contribution in [2.75, 3.05) is 11.9 Å². The zero-order valence-electron chi connectivity index (χ0n) is 11.1. The quantitative estimate of drug-likeness (QED) is 0.722. The molecule has 1 aromatic heterocycles. The molecule has 3 N–H and O–H groups in total. The summed E-state index contributed by atoms with van der Waals surface area (Å²) in [5.74, 6) is 0.802. The van der Waals surface area contributed by atoms with Crippen LogP contribution in [0.5, 0.6) is 0 Å². The molecule has 1 aliphatic rings. The van der Waals surface area contributed by atoms with Crippen molar-refractivity contribution >= 4 is 11.7 Å². The SMILES string of the molecule is CCc1onc(C)c1NC(=O)N[C@@H]1C=C[C@H](CO)C1. The van der Waals surface area contributed by atoms with Crippen LogP contribution in [0.15, 0.2) is 16.7 Å². The van der Waals surface area contributed by atoms with Crippen LogP contribution in [0.3, 0.4) is 0 Å². The minimum absolute atomic E-state index is 0.0395. The Balaban J connectivity index is 1.91. The molecular weight excluding hydrogens is 246 g/mol. The Hall–Kier alpha value is -1.82. The van der Waals surface area contributed by atoms with Gasteiger partial charge in [0.25, 0.3) is 0 Å². The van der Waals surface area contributed by atoms with Gasteiger partial charge in [0.05, 0.1) is 0 Å². The van der Waals surface area contributed by atoms with Crippen LogP contribution in [0.4, 0.5) is 10.5 Å². The molecule has 0 fully saturated rings. The van der Waals surface area contributed by atoms with Crippen molar-refractivity contribution in [3.8, 4) is 0 Å². The van der Waals surface area contributed by atoms with Gasteiger partial charge in [-0.1, -0.05) is 24.2 Å². The zero-order chi connectivity index (χ0) is 13.8.